The van der Waals surface area contributed by atoms with Crippen molar-refractivity contribution >= 4 is 30.8 Å². The zero-order valence-electron chi connectivity index (χ0n) is 20.4. The number of nitrogens with zero attached hydrogens (tertiary/aromatic N) is 3. The van der Waals surface area contributed by atoms with E-state index in [1.54, 1.807) is 13.4 Å². The van der Waals surface area contributed by atoms with Crippen molar-refractivity contribution in [3.8, 4) is 11.5 Å². The molecule has 0 aliphatic carbocycles. The van der Waals surface area contributed by atoms with Crippen LogP contribution in [0.15, 0.2) is 12.4 Å². The van der Waals surface area contributed by atoms with Crippen molar-refractivity contribution < 1.29 is 19.0 Å². The van der Waals surface area contributed by atoms with Crippen molar-refractivity contribution in [3.05, 3.63) is 18.1 Å². The van der Waals surface area contributed by atoms with Gasteiger partial charge in [0.2, 0.25) is 0 Å². The van der Waals surface area contributed by atoms with E-state index in [2.05, 4.69) is 53.6 Å². The highest BCUT2D eigenvalue weighted by Gasteiger charge is 2.58. The molecule has 0 saturated carbocycles. The highest BCUT2D eigenvalue weighted by Crippen LogP contribution is 2.44. The van der Waals surface area contributed by atoms with Gasteiger partial charge in [0.05, 0.1) is 12.0 Å². The molecule has 2 fully saturated rings. The van der Waals surface area contributed by atoms with Crippen LogP contribution in [0.1, 0.15) is 39.1 Å². The maximum atomic E-state index is 12.5. The molecule has 33 heavy (non-hydrogen) atoms. The Hall–Kier alpha value is -2.45. The molecule has 2 aromatic rings. The minimum absolute atomic E-state index is 0.252. The minimum atomic E-state index is -1.58. The van der Waals surface area contributed by atoms with Gasteiger partial charge >= 0.3 is 0 Å². The van der Waals surface area contributed by atoms with Gasteiger partial charge < -0.3 is 24.8 Å². The Labute approximate surface area is 195 Å². The lowest BCUT2D eigenvalue weighted by Gasteiger charge is -2.24. The minimum Gasteiger partial charge on any atom is -0.383 e. The quantitative estimate of drug-likeness (QED) is 0.511. The summed E-state index contributed by atoms with van der Waals surface area (Å²) in [5.41, 5.74) is 6.29. The van der Waals surface area contributed by atoms with E-state index in [4.69, 9.17) is 19.2 Å². The molecule has 10 heteroatoms. The fraction of sp³-hybridized carbons (Fsp3) is 0.609. The summed E-state index contributed by atoms with van der Waals surface area (Å²) < 4.78 is 20.2. The number of hydrogen-bond donors (Lipinski definition) is 2. The average molecular weight is 472 g/mol. The summed E-state index contributed by atoms with van der Waals surface area (Å²) in [5.74, 6) is 2.18. The number of rotatable bonds is 5. The van der Waals surface area contributed by atoms with E-state index in [1.165, 1.54) is 0 Å². The Balaban J connectivity index is 1.80. The molecule has 0 aromatic carbocycles. The average Bonchev–Trinajstić information content (AvgIpc) is 3.39. The first kappa shape index (κ1) is 23.7. The summed E-state index contributed by atoms with van der Waals surface area (Å²) >= 11 is 0. The summed E-state index contributed by atoms with van der Waals surface area (Å²) in [6.07, 6.45) is 0.241. The third-order valence-corrected chi connectivity index (χ3v) is 6.34. The second-order valence-corrected chi connectivity index (χ2v) is 14.7. The molecule has 2 aromatic heterocycles. The van der Waals surface area contributed by atoms with Gasteiger partial charge in [-0.2, -0.15) is 0 Å². The second kappa shape index (κ2) is 8.72. The number of carbonyl (C=O) groups is 1. The van der Waals surface area contributed by atoms with Gasteiger partial charge in [0.1, 0.15) is 31.5 Å². The highest BCUT2D eigenvalue weighted by molar-refractivity contribution is 6.83. The Morgan fingerprint density at radius 2 is 2.00 bits per heavy atom. The number of ether oxygens (including phenoxy) is 3. The molecule has 178 valence electrons. The van der Waals surface area contributed by atoms with Gasteiger partial charge in [-0.1, -0.05) is 32.5 Å². The van der Waals surface area contributed by atoms with Crippen LogP contribution in [-0.2, 0) is 19.0 Å². The number of amides is 1. The van der Waals surface area contributed by atoms with Crippen LogP contribution in [0.25, 0.3) is 11.2 Å². The first-order chi connectivity index (χ1) is 15.5. The van der Waals surface area contributed by atoms with E-state index < -0.39 is 38.4 Å². The molecule has 1 amide bonds. The predicted molar refractivity (Wildman–Crippen MR) is 128 cm³/mol. The molecule has 9 nitrogen and oxygen atoms in total. The zero-order valence-corrected chi connectivity index (χ0v) is 21.4. The second-order valence-electron chi connectivity index (χ2n) is 9.93. The van der Waals surface area contributed by atoms with Crippen LogP contribution in [0.2, 0.25) is 19.6 Å². The van der Waals surface area contributed by atoms with Gasteiger partial charge in [-0.25, -0.2) is 9.97 Å². The van der Waals surface area contributed by atoms with Crippen molar-refractivity contribution in [2.24, 2.45) is 0 Å². The Morgan fingerprint density at radius 3 is 2.67 bits per heavy atom. The Morgan fingerprint density at radius 1 is 1.27 bits per heavy atom. The first-order valence-corrected chi connectivity index (χ1v) is 14.9. The number of aromatic nitrogens is 3. The van der Waals surface area contributed by atoms with Crippen LogP contribution in [0.4, 0.5) is 5.69 Å². The number of pyridine rings is 1. The number of nitrogens with one attached hydrogen (secondary N) is 2. The molecule has 2 aliphatic heterocycles. The lowest BCUT2D eigenvalue weighted by molar-refractivity contribution is -0.197. The summed E-state index contributed by atoms with van der Waals surface area (Å²) in [5, 5.41) is 6.10. The summed E-state index contributed by atoms with van der Waals surface area (Å²) in [4.78, 5) is 22.0. The fourth-order valence-corrected chi connectivity index (χ4v) is 4.56. The fourth-order valence-electron chi connectivity index (χ4n) is 4.06. The van der Waals surface area contributed by atoms with Gasteiger partial charge in [-0.15, -0.1) is 5.54 Å². The number of imidazole rings is 1. The molecule has 0 radical (unpaired) electrons. The Kier molecular flexibility index (Phi) is 6.26. The lowest BCUT2D eigenvalue weighted by atomic mass is 10.1. The van der Waals surface area contributed by atoms with Gasteiger partial charge in [-0.3, -0.25) is 9.36 Å². The molecule has 2 N–H and O–H groups in total. The predicted octanol–water partition coefficient (Wildman–Crippen LogP) is 2.65. The maximum Gasteiger partial charge on any atom is 0.251 e. The van der Waals surface area contributed by atoms with Crippen LogP contribution in [0.3, 0.4) is 0 Å². The SMILES string of the molecule is CCCNc1cc(C#C[Si](C)(C)C)nc2c1ncn2[C@@H]1O[C@H](C(=O)NC)[C@H]2OC(C)(C)O[C@H]21. The van der Waals surface area contributed by atoms with Crippen molar-refractivity contribution in [1.82, 2.24) is 19.9 Å². The summed E-state index contributed by atoms with van der Waals surface area (Å²) in [6.45, 7) is 13.2. The molecule has 0 spiro atoms. The number of fused-ring (bicyclic) bond motifs is 2. The first-order valence-electron chi connectivity index (χ1n) is 11.4. The van der Waals surface area contributed by atoms with E-state index >= 15 is 0 Å². The zero-order chi connectivity index (χ0) is 24.0. The molecule has 2 saturated heterocycles. The maximum absolute atomic E-state index is 12.5. The molecular formula is C23H33N5O4Si. The highest BCUT2D eigenvalue weighted by atomic mass is 28.3. The van der Waals surface area contributed by atoms with Crippen LogP contribution in [0.5, 0.6) is 0 Å². The van der Waals surface area contributed by atoms with Gasteiger partial charge in [0.15, 0.2) is 23.8 Å². The summed E-state index contributed by atoms with van der Waals surface area (Å²) in [6, 6.07) is 1.95. The van der Waals surface area contributed by atoms with Gasteiger partial charge in [0, 0.05) is 13.6 Å². The van der Waals surface area contributed by atoms with E-state index in [9.17, 15) is 4.79 Å². The monoisotopic (exact) mass is 471 g/mol. The number of carbonyl (C=O) groups excluding carboxylic acids is 1. The molecule has 0 bridgehead atoms. The van der Waals surface area contributed by atoms with Gasteiger partial charge in [-0.05, 0) is 26.3 Å². The van der Waals surface area contributed by atoms with Crippen molar-refractivity contribution in [1.29, 1.82) is 0 Å². The van der Waals surface area contributed by atoms with Crippen molar-refractivity contribution in [2.75, 3.05) is 18.9 Å². The van der Waals surface area contributed by atoms with Gasteiger partial charge in [0.25, 0.3) is 5.91 Å². The number of anilines is 1. The topological polar surface area (TPSA) is 99.5 Å². The van der Waals surface area contributed by atoms with Crippen molar-refractivity contribution in [3.63, 3.8) is 0 Å². The third-order valence-electron chi connectivity index (χ3n) is 5.47. The normalized spacial score (nSPS) is 26.0. The van der Waals surface area contributed by atoms with Crippen LogP contribution < -0.4 is 10.6 Å². The van der Waals surface area contributed by atoms with E-state index in [0.717, 1.165) is 24.2 Å². The van der Waals surface area contributed by atoms with Crippen molar-refractivity contribution in [2.45, 2.75) is 77.2 Å². The number of likely N-dealkylation sites (N-methyl/N-ethyl adjacent to an activating group) is 1. The summed E-state index contributed by atoms with van der Waals surface area (Å²) in [7, 11) is -0.000978. The molecule has 4 heterocycles. The molecule has 2 aliphatic rings. The van der Waals surface area contributed by atoms with E-state index in [1.807, 2.05) is 24.5 Å². The molecule has 4 atom stereocenters. The Bertz CT molecular complexity index is 1110. The van der Waals surface area contributed by atoms with E-state index in [-0.39, 0.29) is 5.91 Å². The molecule has 0 unspecified atom stereocenters. The third kappa shape index (κ3) is 4.77. The number of hydrogen-bond acceptors (Lipinski definition) is 7. The molecule has 4 rings (SSSR count). The van der Waals surface area contributed by atoms with Crippen LogP contribution in [-0.4, -0.2) is 66.2 Å². The standard InChI is InChI=1S/C23H33N5O4Si/c1-8-10-25-15-12-14(9-11-33(5,6)7)27-20-16(15)26-13-28(20)22-19-17(31-23(2,3)32-19)18(30-22)21(29)24-4/h12-13,17-19,22H,8,10H2,1-7H3,(H,24,29)(H,25,27)/t17-,18+,19-,22-/m1/s1. The van der Waals surface area contributed by atoms with Crippen LogP contribution >= 0.6 is 0 Å². The lowest BCUT2D eigenvalue weighted by Crippen LogP contribution is -2.41. The molecular weight excluding hydrogens is 438 g/mol. The van der Waals surface area contributed by atoms with Crippen LogP contribution in [0, 0.1) is 11.5 Å². The smallest absolute Gasteiger partial charge is 0.251 e. The largest absolute Gasteiger partial charge is 0.383 e. The van der Waals surface area contributed by atoms with E-state index in [0.29, 0.717) is 11.3 Å².